The van der Waals surface area contributed by atoms with Crippen LogP contribution >= 0.6 is 0 Å². The van der Waals surface area contributed by atoms with E-state index in [-0.39, 0.29) is 0 Å². The zero-order valence-electron chi connectivity index (χ0n) is 12.9. The number of aryl methyl sites for hydroxylation is 1. The number of benzene rings is 1. The average Bonchev–Trinajstić information content (AvgIpc) is 2.55. The van der Waals surface area contributed by atoms with Gasteiger partial charge in [-0.2, -0.15) is 0 Å². The maximum absolute atomic E-state index is 5.79. The standard InChI is InChI=1S/C18H24N2O/c1-3-18(19-2)16-6-8-17(9-7-16)21-14-4-5-15-10-12-20-13-11-15/h6-13,18-19H,3-5,14H2,1-2H3. The van der Waals surface area contributed by atoms with Gasteiger partial charge in [-0.1, -0.05) is 19.1 Å². The first-order chi connectivity index (χ1) is 10.3. The molecule has 2 aromatic rings. The van der Waals surface area contributed by atoms with Gasteiger partial charge in [0.05, 0.1) is 6.61 Å². The lowest BCUT2D eigenvalue weighted by molar-refractivity contribution is 0.311. The second-order valence-electron chi connectivity index (χ2n) is 5.13. The van der Waals surface area contributed by atoms with E-state index in [0.29, 0.717) is 6.04 Å². The molecule has 21 heavy (non-hydrogen) atoms. The number of nitrogens with zero attached hydrogens (tertiary/aromatic N) is 1. The summed E-state index contributed by atoms with van der Waals surface area (Å²) in [5, 5.41) is 3.31. The summed E-state index contributed by atoms with van der Waals surface area (Å²) in [4.78, 5) is 4.02. The predicted molar refractivity (Wildman–Crippen MR) is 86.6 cm³/mol. The van der Waals surface area contributed by atoms with Gasteiger partial charge in [-0.05, 0) is 61.7 Å². The minimum Gasteiger partial charge on any atom is -0.494 e. The average molecular weight is 284 g/mol. The fourth-order valence-corrected chi connectivity index (χ4v) is 2.42. The molecular formula is C18H24N2O. The smallest absolute Gasteiger partial charge is 0.119 e. The molecular weight excluding hydrogens is 260 g/mol. The number of hydrogen-bond donors (Lipinski definition) is 1. The van der Waals surface area contributed by atoms with Gasteiger partial charge in [-0.15, -0.1) is 0 Å². The van der Waals surface area contributed by atoms with Crippen LogP contribution in [0.1, 0.15) is 36.9 Å². The molecule has 1 aromatic carbocycles. The quantitative estimate of drug-likeness (QED) is 0.749. The van der Waals surface area contributed by atoms with Crippen molar-refractivity contribution in [3.63, 3.8) is 0 Å². The van der Waals surface area contributed by atoms with Gasteiger partial charge in [0.1, 0.15) is 5.75 Å². The van der Waals surface area contributed by atoms with Gasteiger partial charge < -0.3 is 10.1 Å². The Kier molecular flexibility index (Phi) is 6.22. The van der Waals surface area contributed by atoms with Gasteiger partial charge in [0.15, 0.2) is 0 Å². The topological polar surface area (TPSA) is 34.1 Å². The molecule has 1 unspecified atom stereocenters. The van der Waals surface area contributed by atoms with Crippen molar-refractivity contribution >= 4 is 0 Å². The molecule has 1 atom stereocenters. The molecule has 1 N–H and O–H groups in total. The molecule has 3 nitrogen and oxygen atoms in total. The summed E-state index contributed by atoms with van der Waals surface area (Å²) in [6, 6.07) is 12.9. The van der Waals surface area contributed by atoms with Gasteiger partial charge in [0.2, 0.25) is 0 Å². The molecule has 1 heterocycles. The number of rotatable bonds is 8. The summed E-state index contributed by atoms with van der Waals surface area (Å²) in [5.74, 6) is 0.944. The van der Waals surface area contributed by atoms with Crippen molar-refractivity contribution in [3.8, 4) is 5.75 Å². The van der Waals surface area contributed by atoms with Crippen molar-refractivity contribution < 1.29 is 4.74 Å². The third kappa shape index (κ3) is 4.87. The van der Waals surface area contributed by atoms with E-state index in [1.165, 1.54) is 11.1 Å². The van der Waals surface area contributed by atoms with Crippen LogP contribution in [0.15, 0.2) is 48.8 Å². The third-order valence-corrected chi connectivity index (χ3v) is 3.67. The van der Waals surface area contributed by atoms with Gasteiger partial charge in [-0.25, -0.2) is 0 Å². The lowest BCUT2D eigenvalue weighted by atomic mass is 10.0. The van der Waals surface area contributed by atoms with Crippen molar-refractivity contribution in [1.82, 2.24) is 10.3 Å². The van der Waals surface area contributed by atoms with E-state index in [1.807, 2.05) is 19.4 Å². The summed E-state index contributed by atoms with van der Waals surface area (Å²) in [6.07, 6.45) is 6.79. The van der Waals surface area contributed by atoms with Crippen LogP contribution < -0.4 is 10.1 Å². The highest BCUT2D eigenvalue weighted by molar-refractivity contribution is 5.29. The number of ether oxygens (including phenoxy) is 1. The van der Waals surface area contributed by atoms with Crippen LogP contribution in [-0.4, -0.2) is 18.6 Å². The molecule has 0 spiro atoms. The Hall–Kier alpha value is -1.87. The minimum absolute atomic E-state index is 0.422. The lowest BCUT2D eigenvalue weighted by Gasteiger charge is -2.14. The molecule has 1 aromatic heterocycles. The summed E-state index contributed by atoms with van der Waals surface area (Å²) in [6.45, 7) is 2.93. The molecule has 0 radical (unpaired) electrons. The van der Waals surface area contributed by atoms with E-state index in [1.54, 1.807) is 0 Å². The largest absolute Gasteiger partial charge is 0.494 e. The number of aromatic nitrogens is 1. The molecule has 0 fully saturated rings. The lowest BCUT2D eigenvalue weighted by Crippen LogP contribution is -2.14. The molecule has 0 amide bonds. The van der Waals surface area contributed by atoms with E-state index >= 15 is 0 Å². The summed E-state index contributed by atoms with van der Waals surface area (Å²) < 4.78 is 5.79. The van der Waals surface area contributed by atoms with Crippen LogP contribution in [0.2, 0.25) is 0 Å². The molecule has 0 aliphatic heterocycles. The highest BCUT2D eigenvalue weighted by Crippen LogP contribution is 2.20. The van der Waals surface area contributed by atoms with Crippen LogP contribution in [0.3, 0.4) is 0 Å². The molecule has 112 valence electrons. The Labute approximate surface area is 127 Å². The highest BCUT2D eigenvalue weighted by Gasteiger charge is 2.05. The summed E-state index contributed by atoms with van der Waals surface area (Å²) in [5.41, 5.74) is 2.62. The van der Waals surface area contributed by atoms with Gasteiger partial charge in [0, 0.05) is 18.4 Å². The van der Waals surface area contributed by atoms with Gasteiger partial charge in [0.25, 0.3) is 0 Å². The summed E-state index contributed by atoms with van der Waals surface area (Å²) >= 11 is 0. The van der Waals surface area contributed by atoms with Gasteiger partial charge >= 0.3 is 0 Å². The molecule has 0 saturated carbocycles. The maximum Gasteiger partial charge on any atom is 0.119 e. The number of nitrogens with one attached hydrogen (secondary N) is 1. The van der Waals surface area contributed by atoms with Crippen LogP contribution in [0.5, 0.6) is 5.75 Å². The second kappa shape index (κ2) is 8.42. The maximum atomic E-state index is 5.79. The minimum atomic E-state index is 0.422. The normalized spacial score (nSPS) is 12.1. The first kappa shape index (κ1) is 15.5. The monoisotopic (exact) mass is 284 g/mol. The predicted octanol–water partition coefficient (Wildman–Crippen LogP) is 3.76. The van der Waals surface area contributed by atoms with Crippen LogP contribution in [0.25, 0.3) is 0 Å². The van der Waals surface area contributed by atoms with E-state index in [2.05, 4.69) is 53.6 Å². The van der Waals surface area contributed by atoms with E-state index in [4.69, 9.17) is 4.74 Å². The van der Waals surface area contributed by atoms with E-state index in [9.17, 15) is 0 Å². The number of hydrogen-bond acceptors (Lipinski definition) is 3. The molecule has 0 saturated heterocycles. The zero-order chi connectivity index (χ0) is 14.9. The fourth-order valence-electron chi connectivity index (χ4n) is 2.42. The molecule has 0 bridgehead atoms. The van der Waals surface area contributed by atoms with Crippen molar-refractivity contribution in [2.75, 3.05) is 13.7 Å². The van der Waals surface area contributed by atoms with Crippen LogP contribution in [-0.2, 0) is 6.42 Å². The molecule has 0 aliphatic carbocycles. The zero-order valence-corrected chi connectivity index (χ0v) is 12.9. The SMILES string of the molecule is CCC(NC)c1ccc(OCCCc2ccncc2)cc1. The Morgan fingerprint density at radius 3 is 2.43 bits per heavy atom. The fraction of sp³-hybridized carbons (Fsp3) is 0.389. The number of pyridine rings is 1. The first-order valence-electron chi connectivity index (χ1n) is 7.62. The van der Waals surface area contributed by atoms with Crippen molar-refractivity contribution in [3.05, 3.63) is 59.9 Å². The summed E-state index contributed by atoms with van der Waals surface area (Å²) in [7, 11) is 2.00. The van der Waals surface area contributed by atoms with E-state index in [0.717, 1.165) is 31.6 Å². The third-order valence-electron chi connectivity index (χ3n) is 3.67. The van der Waals surface area contributed by atoms with Crippen LogP contribution in [0.4, 0.5) is 0 Å². The second-order valence-corrected chi connectivity index (χ2v) is 5.13. The van der Waals surface area contributed by atoms with Crippen LogP contribution in [0, 0.1) is 0 Å². The van der Waals surface area contributed by atoms with Crippen molar-refractivity contribution in [1.29, 1.82) is 0 Å². The van der Waals surface area contributed by atoms with Crippen molar-refractivity contribution in [2.24, 2.45) is 0 Å². The molecule has 3 heteroatoms. The molecule has 2 rings (SSSR count). The Balaban J connectivity index is 1.76. The molecule has 0 aliphatic rings. The van der Waals surface area contributed by atoms with Crippen molar-refractivity contribution in [2.45, 2.75) is 32.2 Å². The van der Waals surface area contributed by atoms with Gasteiger partial charge in [-0.3, -0.25) is 4.98 Å². The highest BCUT2D eigenvalue weighted by atomic mass is 16.5. The Morgan fingerprint density at radius 1 is 1.10 bits per heavy atom. The first-order valence-corrected chi connectivity index (χ1v) is 7.62. The van der Waals surface area contributed by atoms with E-state index < -0.39 is 0 Å². The Bertz CT molecular complexity index is 507. The Morgan fingerprint density at radius 2 is 1.81 bits per heavy atom.